The number of nitrogens with zero attached hydrogens (tertiary/aromatic N) is 1. The average Bonchev–Trinajstić information content (AvgIpc) is 3.23. The number of likely N-dealkylation sites (N-methyl/N-ethyl adjacent to an activating group) is 1. The maximum absolute atomic E-state index is 12.7. The van der Waals surface area contributed by atoms with Crippen molar-refractivity contribution in [2.24, 2.45) is 11.7 Å². The van der Waals surface area contributed by atoms with Gasteiger partial charge < -0.3 is 16.0 Å². The Labute approximate surface area is 148 Å². The standard InChI is InChI=1S/C17H24N4O3S/c1-21-10-5-4-6-13-12-17(13,18)16(22)20-25(23,24)15-8-3-2-7-14(15)19-9-11-21/h2-4,6-8,13,19H,5,9-12,18H2,1H3,(H,20,22)/b6-4-/t13-,17-/m1/s1. The number of amides is 1. The number of para-hydroxylation sites is 1. The molecule has 8 heteroatoms. The van der Waals surface area contributed by atoms with Crippen molar-refractivity contribution in [3.05, 3.63) is 36.4 Å². The summed E-state index contributed by atoms with van der Waals surface area (Å²) in [6.07, 6.45) is 5.26. The molecule has 25 heavy (non-hydrogen) atoms. The fourth-order valence-corrected chi connectivity index (χ4v) is 4.20. The normalized spacial score (nSPS) is 31.3. The molecule has 1 amide bonds. The van der Waals surface area contributed by atoms with Gasteiger partial charge in [-0.3, -0.25) is 4.79 Å². The van der Waals surface area contributed by atoms with Gasteiger partial charge in [0.15, 0.2) is 0 Å². The Balaban J connectivity index is 1.90. The molecule has 136 valence electrons. The molecule has 1 aliphatic heterocycles. The molecule has 0 unspecified atom stereocenters. The predicted molar refractivity (Wildman–Crippen MR) is 96.5 cm³/mol. The summed E-state index contributed by atoms with van der Waals surface area (Å²) in [7, 11) is -1.97. The lowest BCUT2D eigenvalue weighted by molar-refractivity contribution is -0.121. The van der Waals surface area contributed by atoms with E-state index in [9.17, 15) is 13.2 Å². The molecule has 7 nitrogen and oxygen atoms in total. The van der Waals surface area contributed by atoms with E-state index in [1.807, 2.05) is 19.2 Å². The second kappa shape index (κ2) is 6.78. The smallest absolute Gasteiger partial charge is 0.266 e. The molecule has 0 bridgehead atoms. The molecule has 4 N–H and O–H groups in total. The Morgan fingerprint density at radius 3 is 2.84 bits per heavy atom. The zero-order valence-corrected chi connectivity index (χ0v) is 15.1. The van der Waals surface area contributed by atoms with Crippen LogP contribution in [0, 0.1) is 5.92 Å². The molecule has 1 saturated carbocycles. The highest BCUT2D eigenvalue weighted by atomic mass is 32.2. The lowest BCUT2D eigenvalue weighted by Crippen LogP contribution is -2.46. The summed E-state index contributed by atoms with van der Waals surface area (Å²) in [5.74, 6) is -0.768. The average molecular weight is 364 g/mol. The molecule has 0 saturated heterocycles. The summed E-state index contributed by atoms with van der Waals surface area (Å²) < 4.78 is 27.5. The highest BCUT2D eigenvalue weighted by molar-refractivity contribution is 7.90. The van der Waals surface area contributed by atoms with Crippen molar-refractivity contribution in [3.63, 3.8) is 0 Å². The zero-order valence-electron chi connectivity index (χ0n) is 14.2. The molecule has 2 aliphatic rings. The van der Waals surface area contributed by atoms with E-state index in [0.29, 0.717) is 18.7 Å². The van der Waals surface area contributed by atoms with Gasteiger partial charge in [0.1, 0.15) is 10.4 Å². The summed E-state index contributed by atoms with van der Waals surface area (Å²) in [4.78, 5) is 14.6. The van der Waals surface area contributed by atoms with E-state index >= 15 is 0 Å². The Morgan fingerprint density at radius 2 is 2.04 bits per heavy atom. The quantitative estimate of drug-likeness (QED) is 0.580. The van der Waals surface area contributed by atoms with Gasteiger partial charge in [-0.2, -0.15) is 0 Å². The van der Waals surface area contributed by atoms with Crippen LogP contribution in [0.5, 0.6) is 0 Å². The monoisotopic (exact) mass is 364 g/mol. The molecule has 0 spiro atoms. The van der Waals surface area contributed by atoms with E-state index in [4.69, 9.17) is 5.73 Å². The van der Waals surface area contributed by atoms with Crippen LogP contribution in [-0.4, -0.2) is 51.4 Å². The van der Waals surface area contributed by atoms with Crippen LogP contribution >= 0.6 is 0 Å². The molecule has 0 radical (unpaired) electrons. The number of benzene rings is 1. The number of hydrogen-bond donors (Lipinski definition) is 3. The number of carbonyl (C=O) groups is 1. The maximum Gasteiger partial charge on any atom is 0.266 e. The molecule has 1 aliphatic carbocycles. The number of hydrogen-bond acceptors (Lipinski definition) is 6. The van der Waals surface area contributed by atoms with Gasteiger partial charge in [-0.15, -0.1) is 0 Å². The van der Waals surface area contributed by atoms with Crippen LogP contribution in [0.2, 0.25) is 0 Å². The van der Waals surface area contributed by atoms with E-state index in [1.54, 1.807) is 18.2 Å². The molecule has 1 aromatic rings. The van der Waals surface area contributed by atoms with Crippen molar-refractivity contribution < 1.29 is 13.2 Å². The first-order valence-corrected chi connectivity index (χ1v) is 9.85. The molecule has 0 aromatic heterocycles. The van der Waals surface area contributed by atoms with Gasteiger partial charge >= 0.3 is 0 Å². The van der Waals surface area contributed by atoms with Gasteiger partial charge in [-0.1, -0.05) is 24.3 Å². The minimum Gasteiger partial charge on any atom is -0.383 e. The predicted octanol–water partition coefficient (Wildman–Crippen LogP) is 0.513. The highest BCUT2D eigenvalue weighted by Crippen LogP contribution is 2.42. The van der Waals surface area contributed by atoms with E-state index in [1.165, 1.54) is 6.07 Å². The Morgan fingerprint density at radius 1 is 1.28 bits per heavy atom. The first-order chi connectivity index (χ1) is 11.8. The highest BCUT2D eigenvalue weighted by Gasteiger charge is 2.56. The second-order valence-electron chi connectivity index (χ2n) is 6.73. The topological polar surface area (TPSA) is 105 Å². The van der Waals surface area contributed by atoms with E-state index in [0.717, 1.165) is 19.5 Å². The first kappa shape index (κ1) is 17.9. The first-order valence-electron chi connectivity index (χ1n) is 8.37. The number of carbonyl (C=O) groups excluding carboxylic acids is 1. The van der Waals surface area contributed by atoms with E-state index in [2.05, 4.69) is 14.9 Å². The maximum atomic E-state index is 12.7. The van der Waals surface area contributed by atoms with Gasteiger partial charge in [-0.05, 0) is 32.0 Å². The Bertz CT molecular complexity index is 793. The molecule has 2 atom stereocenters. The van der Waals surface area contributed by atoms with Crippen LogP contribution in [0.15, 0.2) is 41.3 Å². The van der Waals surface area contributed by atoms with Crippen molar-refractivity contribution in [2.75, 3.05) is 32.0 Å². The van der Waals surface area contributed by atoms with Crippen LogP contribution in [0.4, 0.5) is 5.69 Å². The summed E-state index contributed by atoms with van der Waals surface area (Å²) >= 11 is 0. The third-order valence-electron chi connectivity index (χ3n) is 4.74. The number of anilines is 1. The summed E-state index contributed by atoms with van der Waals surface area (Å²) in [5, 5.41) is 3.14. The fourth-order valence-electron chi connectivity index (χ4n) is 2.97. The Hall–Kier alpha value is -1.90. The summed E-state index contributed by atoms with van der Waals surface area (Å²) in [6.45, 7) is 2.26. The fraction of sp³-hybridized carbons (Fsp3) is 0.471. The van der Waals surface area contributed by atoms with Gasteiger partial charge in [0.2, 0.25) is 0 Å². The van der Waals surface area contributed by atoms with Crippen molar-refractivity contribution in [1.29, 1.82) is 0 Å². The van der Waals surface area contributed by atoms with Gasteiger partial charge in [-0.25, -0.2) is 13.1 Å². The van der Waals surface area contributed by atoms with Crippen LogP contribution in [0.25, 0.3) is 0 Å². The minimum atomic E-state index is -3.99. The number of fused-ring (bicyclic) bond motifs is 2. The van der Waals surface area contributed by atoms with Gasteiger partial charge in [0.25, 0.3) is 15.9 Å². The third kappa shape index (κ3) is 3.86. The number of nitrogens with one attached hydrogen (secondary N) is 2. The van der Waals surface area contributed by atoms with Crippen molar-refractivity contribution in [1.82, 2.24) is 9.62 Å². The summed E-state index contributed by atoms with van der Waals surface area (Å²) in [6, 6.07) is 6.56. The summed E-state index contributed by atoms with van der Waals surface area (Å²) in [5.41, 5.74) is 5.42. The lowest BCUT2D eigenvalue weighted by atomic mass is 10.2. The Kier molecular flexibility index (Phi) is 4.86. The van der Waals surface area contributed by atoms with Gasteiger partial charge in [0, 0.05) is 25.6 Å². The largest absolute Gasteiger partial charge is 0.383 e. The molecular formula is C17H24N4O3S. The van der Waals surface area contributed by atoms with Crippen molar-refractivity contribution >= 4 is 21.6 Å². The third-order valence-corrected chi connectivity index (χ3v) is 6.13. The van der Waals surface area contributed by atoms with Crippen molar-refractivity contribution in [2.45, 2.75) is 23.3 Å². The number of sulfonamides is 1. The molecule has 1 fully saturated rings. The molecule has 1 aromatic carbocycles. The van der Waals surface area contributed by atoms with Crippen molar-refractivity contribution in [3.8, 4) is 0 Å². The lowest BCUT2D eigenvalue weighted by Gasteiger charge is -2.18. The molecular weight excluding hydrogens is 340 g/mol. The van der Waals surface area contributed by atoms with E-state index in [-0.39, 0.29) is 10.8 Å². The zero-order chi connectivity index (χ0) is 18.1. The van der Waals surface area contributed by atoms with Crippen LogP contribution in [0.1, 0.15) is 12.8 Å². The SMILES string of the molecule is CN1CC/C=C\[C@@H]2C[C@]2(N)C(=O)NS(=O)(=O)c2ccccc2NCC1. The molecule has 3 rings (SSSR count). The van der Waals surface area contributed by atoms with E-state index < -0.39 is 21.5 Å². The van der Waals surface area contributed by atoms with Crippen LogP contribution in [0.3, 0.4) is 0 Å². The van der Waals surface area contributed by atoms with Gasteiger partial charge in [0.05, 0.1) is 5.69 Å². The number of rotatable bonds is 0. The minimum absolute atomic E-state index is 0.0530. The van der Waals surface area contributed by atoms with Crippen LogP contribution in [-0.2, 0) is 14.8 Å². The van der Waals surface area contributed by atoms with Crippen LogP contribution < -0.4 is 15.8 Å². The second-order valence-corrected chi connectivity index (χ2v) is 8.38. The number of nitrogens with two attached hydrogens (primary N) is 1. The molecule has 1 heterocycles.